The van der Waals surface area contributed by atoms with Crippen molar-refractivity contribution in [2.24, 2.45) is 29.1 Å². The zero-order chi connectivity index (χ0) is 7.64. The number of rotatable bonds is 1. The third-order valence-electron chi connectivity index (χ3n) is 4.88. The van der Waals surface area contributed by atoms with E-state index in [1.54, 1.807) is 12.8 Å². The average Bonchev–Trinajstić information content (AvgIpc) is 2.73. The van der Waals surface area contributed by atoms with Gasteiger partial charge in [-0.15, -0.1) is 0 Å². The van der Waals surface area contributed by atoms with Crippen LogP contribution in [0.1, 0.15) is 39.5 Å². The highest BCUT2D eigenvalue weighted by Crippen LogP contribution is 2.73. The lowest BCUT2D eigenvalue weighted by molar-refractivity contribution is 0.377. The van der Waals surface area contributed by atoms with E-state index >= 15 is 0 Å². The molecule has 0 saturated heterocycles. The highest BCUT2D eigenvalue weighted by molar-refractivity contribution is 5.15. The van der Waals surface area contributed by atoms with E-state index in [1.165, 1.54) is 30.6 Å². The smallest absolute Gasteiger partial charge is 0.0263 e. The number of fused-ring (bicyclic) bond motifs is 1. The van der Waals surface area contributed by atoms with Gasteiger partial charge < -0.3 is 0 Å². The molecule has 0 aromatic heterocycles. The van der Waals surface area contributed by atoms with Crippen LogP contribution in [0.5, 0.6) is 0 Å². The summed E-state index contributed by atoms with van der Waals surface area (Å²) < 4.78 is 0. The second-order valence-corrected chi connectivity index (χ2v) is 5.40. The van der Waals surface area contributed by atoms with E-state index in [1.807, 2.05) is 0 Å². The first-order valence-corrected chi connectivity index (χ1v) is 5.23. The third kappa shape index (κ3) is 0.666. The van der Waals surface area contributed by atoms with Crippen LogP contribution >= 0.6 is 0 Å². The fourth-order valence-corrected chi connectivity index (χ4v) is 3.87. The van der Waals surface area contributed by atoms with Gasteiger partial charge in [0.2, 0.25) is 0 Å². The number of hydrogen-bond donors (Lipinski definition) is 0. The van der Waals surface area contributed by atoms with Crippen molar-refractivity contribution in [3.63, 3.8) is 0 Å². The van der Waals surface area contributed by atoms with Crippen LogP contribution < -0.4 is 0 Å². The molecule has 0 N–H and O–H groups in total. The molecule has 11 heavy (non-hydrogen) atoms. The summed E-state index contributed by atoms with van der Waals surface area (Å²) in [5, 5.41) is 0. The molecule has 3 saturated carbocycles. The second-order valence-electron chi connectivity index (χ2n) is 5.40. The second kappa shape index (κ2) is 1.67. The molecule has 3 aliphatic rings. The van der Waals surface area contributed by atoms with E-state index in [0.29, 0.717) is 0 Å². The lowest BCUT2D eigenvalue weighted by Crippen LogP contribution is -2.04. The molecule has 3 aliphatic carbocycles. The Kier molecular flexibility index (Phi) is 0.990. The third-order valence-corrected chi connectivity index (χ3v) is 4.88. The van der Waals surface area contributed by atoms with E-state index in [2.05, 4.69) is 13.8 Å². The van der Waals surface area contributed by atoms with Gasteiger partial charge in [0.15, 0.2) is 0 Å². The summed E-state index contributed by atoms with van der Waals surface area (Å²) in [6.07, 6.45) is 6.20. The Morgan fingerprint density at radius 3 is 2.18 bits per heavy atom. The standard InChI is InChI=1S/C11H18/c1-7-6-11(7,2)10-8-4-3-5-9(8)10/h7-10H,3-6H2,1-2H3. The van der Waals surface area contributed by atoms with Crippen molar-refractivity contribution >= 4 is 0 Å². The molecule has 0 aromatic rings. The first-order valence-electron chi connectivity index (χ1n) is 5.23. The van der Waals surface area contributed by atoms with E-state index in [-0.39, 0.29) is 0 Å². The van der Waals surface area contributed by atoms with E-state index in [0.717, 1.165) is 11.3 Å². The molecule has 0 nitrogen and oxygen atoms in total. The molecular weight excluding hydrogens is 132 g/mol. The Hall–Kier alpha value is 0. The summed E-state index contributed by atoms with van der Waals surface area (Å²) in [4.78, 5) is 0. The lowest BCUT2D eigenvalue weighted by atomic mass is 9.94. The predicted octanol–water partition coefficient (Wildman–Crippen LogP) is 3.08. The van der Waals surface area contributed by atoms with Crippen molar-refractivity contribution in [2.45, 2.75) is 39.5 Å². The van der Waals surface area contributed by atoms with Crippen LogP contribution in [0.25, 0.3) is 0 Å². The van der Waals surface area contributed by atoms with Gasteiger partial charge in [-0.1, -0.05) is 20.3 Å². The van der Waals surface area contributed by atoms with Crippen LogP contribution in [0, 0.1) is 29.1 Å². The van der Waals surface area contributed by atoms with Crippen LogP contribution in [0.2, 0.25) is 0 Å². The van der Waals surface area contributed by atoms with Crippen LogP contribution in [0.3, 0.4) is 0 Å². The number of hydrogen-bond acceptors (Lipinski definition) is 0. The van der Waals surface area contributed by atoms with Crippen molar-refractivity contribution in [2.75, 3.05) is 0 Å². The van der Waals surface area contributed by atoms with Crippen LogP contribution in [0.4, 0.5) is 0 Å². The van der Waals surface area contributed by atoms with Gasteiger partial charge in [0.05, 0.1) is 0 Å². The molecule has 0 amide bonds. The van der Waals surface area contributed by atoms with E-state index in [4.69, 9.17) is 0 Å². The maximum absolute atomic E-state index is 2.53. The molecule has 0 radical (unpaired) electrons. The van der Waals surface area contributed by atoms with Gasteiger partial charge >= 0.3 is 0 Å². The largest absolute Gasteiger partial charge is 0.0620 e. The molecule has 4 atom stereocenters. The summed E-state index contributed by atoms with van der Waals surface area (Å²) in [5.74, 6) is 4.60. The summed E-state index contributed by atoms with van der Waals surface area (Å²) in [5.41, 5.74) is 0.815. The van der Waals surface area contributed by atoms with Crippen molar-refractivity contribution in [3.05, 3.63) is 0 Å². The fraction of sp³-hybridized carbons (Fsp3) is 1.00. The topological polar surface area (TPSA) is 0 Å². The molecule has 62 valence electrons. The lowest BCUT2D eigenvalue weighted by Gasteiger charge is -2.11. The highest BCUT2D eigenvalue weighted by atomic mass is 14.7. The molecular formula is C11H18. The zero-order valence-corrected chi connectivity index (χ0v) is 7.64. The Balaban J connectivity index is 1.75. The average molecular weight is 150 g/mol. The van der Waals surface area contributed by atoms with Gasteiger partial charge in [-0.25, -0.2) is 0 Å². The van der Waals surface area contributed by atoms with Crippen LogP contribution in [-0.2, 0) is 0 Å². The van der Waals surface area contributed by atoms with Gasteiger partial charge in [0.25, 0.3) is 0 Å². The Morgan fingerprint density at radius 2 is 1.73 bits per heavy atom. The van der Waals surface area contributed by atoms with Crippen molar-refractivity contribution < 1.29 is 0 Å². The Bertz CT molecular complexity index is 186. The van der Waals surface area contributed by atoms with Gasteiger partial charge in [0.1, 0.15) is 0 Å². The van der Waals surface area contributed by atoms with Gasteiger partial charge in [-0.2, -0.15) is 0 Å². The molecule has 0 spiro atoms. The maximum Gasteiger partial charge on any atom is -0.0263 e. The van der Waals surface area contributed by atoms with Crippen LogP contribution in [-0.4, -0.2) is 0 Å². The summed E-state index contributed by atoms with van der Waals surface area (Å²) in [6.45, 7) is 4.97. The van der Waals surface area contributed by atoms with Crippen molar-refractivity contribution in [1.82, 2.24) is 0 Å². The maximum atomic E-state index is 2.53. The molecule has 3 fully saturated rings. The quantitative estimate of drug-likeness (QED) is 0.539. The Labute approximate surface area is 69.4 Å². The molecule has 0 aliphatic heterocycles. The first-order chi connectivity index (χ1) is 5.23. The normalized spacial score (nSPS) is 66.0. The summed E-state index contributed by atoms with van der Waals surface area (Å²) >= 11 is 0. The minimum atomic E-state index is 0.815. The van der Waals surface area contributed by atoms with Crippen LogP contribution in [0.15, 0.2) is 0 Å². The van der Waals surface area contributed by atoms with E-state index < -0.39 is 0 Å². The molecule has 3 rings (SSSR count). The van der Waals surface area contributed by atoms with Gasteiger partial charge in [-0.05, 0) is 48.3 Å². The van der Waals surface area contributed by atoms with Crippen molar-refractivity contribution in [1.29, 1.82) is 0 Å². The van der Waals surface area contributed by atoms with E-state index in [9.17, 15) is 0 Å². The molecule has 4 unspecified atom stereocenters. The summed E-state index contributed by atoms with van der Waals surface area (Å²) in [7, 11) is 0. The SMILES string of the molecule is CC1CC1(C)C1C2CCCC21. The van der Waals surface area contributed by atoms with Gasteiger partial charge in [-0.3, -0.25) is 0 Å². The Morgan fingerprint density at radius 1 is 1.18 bits per heavy atom. The van der Waals surface area contributed by atoms with Gasteiger partial charge in [0, 0.05) is 0 Å². The first kappa shape index (κ1) is 6.51. The minimum absolute atomic E-state index is 0.815. The highest BCUT2D eigenvalue weighted by Gasteiger charge is 2.67. The minimum Gasteiger partial charge on any atom is -0.0620 e. The predicted molar refractivity (Wildman–Crippen MR) is 46.2 cm³/mol. The summed E-state index contributed by atoms with van der Waals surface area (Å²) in [6, 6.07) is 0. The zero-order valence-electron chi connectivity index (χ0n) is 7.64. The molecule has 0 aromatic carbocycles. The molecule has 0 heteroatoms. The molecule has 0 heterocycles. The molecule has 0 bridgehead atoms. The fourth-order valence-electron chi connectivity index (χ4n) is 3.87. The van der Waals surface area contributed by atoms with Crippen molar-refractivity contribution in [3.8, 4) is 0 Å². The monoisotopic (exact) mass is 150 g/mol.